The van der Waals surface area contributed by atoms with E-state index in [4.69, 9.17) is 10.6 Å². The summed E-state index contributed by atoms with van der Waals surface area (Å²) < 4.78 is 19.0. The minimum Gasteiger partial charge on any atom is -0.459 e. The van der Waals surface area contributed by atoms with Crippen LogP contribution in [-0.4, -0.2) is 0 Å². The molecule has 1 rings (SSSR count). The number of hydrazine groups is 1. The van der Waals surface area contributed by atoms with E-state index < -0.39 is 0 Å². The van der Waals surface area contributed by atoms with Gasteiger partial charge in [0.05, 0.1) is 5.69 Å². The number of hydrogen-bond donors (Lipinski definition) is 2. The van der Waals surface area contributed by atoms with E-state index in [2.05, 4.69) is 5.43 Å². The largest absolute Gasteiger partial charge is 0.459 e. The number of benzene rings is 1. The van der Waals surface area contributed by atoms with E-state index in [1.165, 1.54) is 6.08 Å². The van der Waals surface area contributed by atoms with E-state index in [0.29, 0.717) is 5.75 Å². The Morgan fingerprint density at radius 1 is 1.50 bits per heavy atom. The van der Waals surface area contributed by atoms with Gasteiger partial charge in [-0.1, -0.05) is 13.0 Å². The molecule has 0 aliphatic rings. The lowest BCUT2D eigenvalue weighted by molar-refractivity contribution is 0.402. The lowest BCUT2D eigenvalue weighted by Gasteiger charge is -2.09. The fraction of sp³-hybridized carbons (Fsp3) is 0.286. The van der Waals surface area contributed by atoms with Crippen molar-refractivity contribution in [1.29, 1.82) is 0 Å². The van der Waals surface area contributed by atoms with E-state index in [1.807, 2.05) is 13.8 Å². The van der Waals surface area contributed by atoms with Crippen molar-refractivity contribution >= 4 is 5.69 Å². The van der Waals surface area contributed by atoms with Crippen molar-refractivity contribution < 1.29 is 9.13 Å². The number of rotatable bonds is 5. The molecule has 0 aliphatic carbocycles. The second-order valence-corrected chi connectivity index (χ2v) is 3.94. The van der Waals surface area contributed by atoms with Crippen LogP contribution < -0.4 is 16.0 Å². The van der Waals surface area contributed by atoms with E-state index in [1.54, 1.807) is 31.2 Å². The van der Waals surface area contributed by atoms with Crippen LogP contribution in [0.5, 0.6) is 5.75 Å². The van der Waals surface area contributed by atoms with Gasteiger partial charge in [-0.2, -0.15) is 0 Å². The van der Waals surface area contributed by atoms with Crippen molar-refractivity contribution in [2.75, 3.05) is 5.43 Å². The van der Waals surface area contributed by atoms with Crippen molar-refractivity contribution in [3.05, 3.63) is 47.5 Å². The number of nitrogen functional groups attached to an aromatic ring is 1. The first-order valence-corrected chi connectivity index (χ1v) is 5.86. The number of hydrogen-bond acceptors (Lipinski definition) is 3. The van der Waals surface area contributed by atoms with Gasteiger partial charge in [0.15, 0.2) is 5.83 Å². The third kappa shape index (κ3) is 3.89. The molecule has 0 bridgehead atoms. The summed E-state index contributed by atoms with van der Waals surface area (Å²) in [5.74, 6) is 5.80. The molecule has 0 fully saturated rings. The molecule has 1 aromatic rings. The van der Waals surface area contributed by atoms with Crippen LogP contribution in [0.1, 0.15) is 25.8 Å². The van der Waals surface area contributed by atoms with Gasteiger partial charge in [0.2, 0.25) is 0 Å². The van der Waals surface area contributed by atoms with E-state index in [0.717, 1.165) is 17.7 Å². The van der Waals surface area contributed by atoms with E-state index >= 15 is 0 Å². The van der Waals surface area contributed by atoms with Crippen LogP contribution in [0.3, 0.4) is 0 Å². The fourth-order valence-electron chi connectivity index (χ4n) is 1.43. The number of halogens is 1. The Balaban J connectivity index is 2.84. The van der Waals surface area contributed by atoms with E-state index in [-0.39, 0.29) is 11.6 Å². The number of allylic oxidation sites excluding steroid dienone is 4. The van der Waals surface area contributed by atoms with Crippen LogP contribution in [0.25, 0.3) is 0 Å². The standard InChI is InChI=1S/C14H19FN2O/c1-4-5-6-13(15)11(3)18-12-7-8-14(17-16)10(2)9-12/h5-9,17H,4,16H2,1-3H3/b6-5-,13-11-. The summed E-state index contributed by atoms with van der Waals surface area (Å²) in [7, 11) is 0. The van der Waals surface area contributed by atoms with Gasteiger partial charge in [0.1, 0.15) is 11.5 Å². The number of anilines is 1. The van der Waals surface area contributed by atoms with Crippen LogP contribution in [0.4, 0.5) is 10.1 Å². The SMILES string of the molecule is CC/C=C\C(F)=C(/C)Oc1ccc(NN)c(C)c1. The molecule has 0 radical (unpaired) electrons. The molecular formula is C14H19FN2O. The van der Waals surface area contributed by atoms with Crippen LogP contribution in [0, 0.1) is 6.92 Å². The molecule has 18 heavy (non-hydrogen) atoms. The molecule has 98 valence electrons. The maximum absolute atomic E-state index is 13.6. The van der Waals surface area contributed by atoms with Crippen molar-refractivity contribution in [1.82, 2.24) is 0 Å². The summed E-state index contributed by atoms with van der Waals surface area (Å²) in [4.78, 5) is 0. The minimum absolute atomic E-state index is 0.243. The average Bonchev–Trinajstić information content (AvgIpc) is 2.36. The van der Waals surface area contributed by atoms with Gasteiger partial charge in [-0.3, -0.25) is 5.84 Å². The third-order valence-corrected chi connectivity index (χ3v) is 2.46. The highest BCUT2D eigenvalue weighted by molar-refractivity contribution is 5.52. The number of nitrogens with two attached hydrogens (primary N) is 1. The minimum atomic E-state index is -0.365. The van der Waals surface area contributed by atoms with Crippen molar-refractivity contribution in [3.63, 3.8) is 0 Å². The molecule has 0 saturated heterocycles. The van der Waals surface area contributed by atoms with Gasteiger partial charge >= 0.3 is 0 Å². The highest BCUT2D eigenvalue weighted by atomic mass is 19.1. The first kappa shape index (κ1) is 14.3. The topological polar surface area (TPSA) is 47.3 Å². The summed E-state index contributed by atoms with van der Waals surface area (Å²) in [5, 5.41) is 0. The monoisotopic (exact) mass is 250 g/mol. The van der Waals surface area contributed by atoms with Gasteiger partial charge in [0, 0.05) is 0 Å². The molecule has 0 unspecified atom stereocenters. The summed E-state index contributed by atoms with van der Waals surface area (Å²) in [5.41, 5.74) is 4.33. The lowest BCUT2D eigenvalue weighted by atomic mass is 10.2. The summed E-state index contributed by atoms with van der Waals surface area (Å²) in [6.45, 7) is 5.44. The summed E-state index contributed by atoms with van der Waals surface area (Å²) >= 11 is 0. The van der Waals surface area contributed by atoms with Crippen LogP contribution >= 0.6 is 0 Å². The fourth-order valence-corrected chi connectivity index (χ4v) is 1.43. The smallest absolute Gasteiger partial charge is 0.160 e. The average molecular weight is 250 g/mol. The lowest BCUT2D eigenvalue weighted by Crippen LogP contribution is -2.08. The first-order valence-electron chi connectivity index (χ1n) is 5.86. The van der Waals surface area contributed by atoms with Crippen molar-refractivity contribution in [3.8, 4) is 5.75 Å². The van der Waals surface area contributed by atoms with Gasteiger partial charge in [-0.15, -0.1) is 0 Å². The number of ether oxygens (including phenoxy) is 1. The quantitative estimate of drug-likeness (QED) is 0.361. The molecule has 1 aromatic carbocycles. The Labute approximate surface area is 107 Å². The molecule has 0 heterocycles. The van der Waals surface area contributed by atoms with Gasteiger partial charge < -0.3 is 10.2 Å². The zero-order chi connectivity index (χ0) is 13.5. The Kier molecular flexibility index (Phi) is 5.39. The maximum Gasteiger partial charge on any atom is 0.160 e. The third-order valence-electron chi connectivity index (χ3n) is 2.46. The first-order chi connectivity index (χ1) is 8.58. The Morgan fingerprint density at radius 2 is 2.22 bits per heavy atom. The summed E-state index contributed by atoms with van der Waals surface area (Å²) in [6.07, 6.45) is 3.95. The highest BCUT2D eigenvalue weighted by Gasteiger charge is 2.03. The highest BCUT2D eigenvalue weighted by Crippen LogP contribution is 2.23. The Hall–Kier alpha value is -1.81. The van der Waals surface area contributed by atoms with Gasteiger partial charge in [0.25, 0.3) is 0 Å². The van der Waals surface area contributed by atoms with Crippen LogP contribution in [0.15, 0.2) is 41.9 Å². The molecule has 3 nitrogen and oxygen atoms in total. The molecule has 0 aromatic heterocycles. The molecule has 3 N–H and O–H groups in total. The molecule has 0 saturated carbocycles. The predicted octanol–water partition coefficient (Wildman–Crippen LogP) is 3.83. The van der Waals surface area contributed by atoms with Gasteiger partial charge in [-0.05, 0) is 50.1 Å². The Bertz CT molecular complexity index is 467. The molecule has 4 heteroatoms. The summed E-state index contributed by atoms with van der Waals surface area (Å²) in [6, 6.07) is 5.33. The molecule has 0 spiro atoms. The number of nitrogens with one attached hydrogen (secondary N) is 1. The van der Waals surface area contributed by atoms with Crippen LogP contribution in [0.2, 0.25) is 0 Å². The molecule has 0 amide bonds. The van der Waals surface area contributed by atoms with Crippen molar-refractivity contribution in [2.45, 2.75) is 27.2 Å². The van der Waals surface area contributed by atoms with Gasteiger partial charge in [-0.25, -0.2) is 4.39 Å². The number of aryl methyl sites for hydroxylation is 1. The second-order valence-electron chi connectivity index (χ2n) is 3.94. The predicted molar refractivity (Wildman–Crippen MR) is 72.9 cm³/mol. The zero-order valence-electron chi connectivity index (χ0n) is 11.0. The maximum atomic E-state index is 13.6. The van der Waals surface area contributed by atoms with E-state index in [9.17, 15) is 4.39 Å². The second kappa shape index (κ2) is 6.81. The molecule has 0 aliphatic heterocycles. The van der Waals surface area contributed by atoms with Crippen LogP contribution in [-0.2, 0) is 0 Å². The molecular weight excluding hydrogens is 231 g/mol. The van der Waals surface area contributed by atoms with Crippen molar-refractivity contribution in [2.24, 2.45) is 5.84 Å². The normalized spacial score (nSPS) is 12.5. The Morgan fingerprint density at radius 3 is 2.78 bits per heavy atom. The zero-order valence-corrected chi connectivity index (χ0v) is 11.0. The molecule has 0 atom stereocenters.